The van der Waals surface area contributed by atoms with Gasteiger partial charge in [-0.15, -0.1) is 16.9 Å². The second-order valence-electron chi connectivity index (χ2n) is 10.1. The number of carbonyl (C=O) groups is 1. The summed E-state index contributed by atoms with van der Waals surface area (Å²) in [6.45, 7) is 9.46. The number of para-hydroxylation sites is 1. The van der Waals surface area contributed by atoms with Crippen molar-refractivity contribution in [1.29, 1.82) is 0 Å². The maximum atomic E-state index is 13.7. The van der Waals surface area contributed by atoms with Gasteiger partial charge < -0.3 is 20.2 Å². The lowest BCUT2D eigenvalue weighted by Crippen LogP contribution is -2.57. The summed E-state index contributed by atoms with van der Waals surface area (Å²) in [5, 5.41) is 21.6. The van der Waals surface area contributed by atoms with Crippen LogP contribution in [0.2, 0.25) is 0 Å². The van der Waals surface area contributed by atoms with Crippen LogP contribution < -0.4 is 15.1 Å². The van der Waals surface area contributed by atoms with Gasteiger partial charge in [0.25, 0.3) is 11.8 Å². The molecule has 1 aromatic heterocycles. The number of rotatable bonds is 7. The highest BCUT2D eigenvalue weighted by Crippen LogP contribution is 2.34. The molecule has 0 aliphatic carbocycles. The van der Waals surface area contributed by atoms with Gasteiger partial charge in [-0.2, -0.15) is 5.10 Å². The molecule has 1 fully saturated rings. The molecule has 2 aliphatic rings. The van der Waals surface area contributed by atoms with Gasteiger partial charge >= 0.3 is 0 Å². The Morgan fingerprint density at radius 2 is 2.02 bits per heavy atom. The third-order valence-electron chi connectivity index (χ3n) is 6.77. The number of benzene rings is 1. The predicted octanol–water partition coefficient (Wildman–Crippen LogP) is 5.66. The van der Waals surface area contributed by atoms with Crippen molar-refractivity contribution in [2.24, 2.45) is 5.92 Å². The van der Waals surface area contributed by atoms with Crippen molar-refractivity contribution in [3.05, 3.63) is 94.7 Å². The van der Waals surface area contributed by atoms with Crippen LogP contribution in [-0.4, -0.2) is 46.8 Å². The van der Waals surface area contributed by atoms with E-state index in [-0.39, 0.29) is 11.7 Å². The number of aromatic nitrogens is 2. The molecule has 0 saturated carbocycles. The summed E-state index contributed by atoms with van der Waals surface area (Å²) in [6, 6.07) is 9.56. The van der Waals surface area contributed by atoms with Gasteiger partial charge in [0.1, 0.15) is 0 Å². The summed E-state index contributed by atoms with van der Waals surface area (Å²) >= 11 is 1.77. The van der Waals surface area contributed by atoms with Crippen molar-refractivity contribution in [3.8, 4) is 0 Å². The van der Waals surface area contributed by atoms with Crippen molar-refractivity contribution in [1.82, 2.24) is 15.5 Å². The number of aliphatic hydroxyl groups is 1. The number of fused-ring (bicyclic) bond motifs is 1. The molecule has 2 aliphatic heterocycles. The minimum Gasteiger partial charge on any atom is -0.369 e. The second-order valence-corrected chi connectivity index (χ2v) is 11.4. The molecule has 40 heavy (non-hydrogen) atoms. The van der Waals surface area contributed by atoms with Gasteiger partial charge in [-0.05, 0) is 67.1 Å². The van der Waals surface area contributed by atoms with Crippen molar-refractivity contribution in [2.75, 3.05) is 29.4 Å². The van der Waals surface area contributed by atoms with Gasteiger partial charge in [-0.25, -0.2) is 8.78 Å². The molecule has 0 spiro atoms. The number of carbonyl (C=O) groups excluding carboxylic acids is 1. The fourth-order valence-electron chi connectivity index (χ4n) is 4.67. The van der Waals surface area contributed by atoms with Crippen LogP contribution in [-0.2, 0) is 10.5 Å². The lowest BCUT2D eigenvalue weighted by molar-refractivity contribution is -0.114. The maximum Gasteiger partial charge on any atom is 0.282 e. The van der Waals surface area contributed by atoms with Crippen LogP contribution in [0.15, 0.2) is 77.9 Å². The molecular formula is C30H35F2N5O2S. The lowest BCUT2D eigenvalue weighted by Gasteiger charge is -2.40. The predicted molar refractivity (Wildman–Crippen MR) is 157 cm³/mol. The molecule has 2 N–H and O–H groups in total. The normalized spacial score (nSPS) is 21.6. The first-order valence-electron chi connectivity index (χ1n) is 13.2. The van der Waals surface area contributed by atoms with Gasteiger partial charge in [0, 0.05) is 29.1 Å². The van der Waals surface area contributed by atoms with Gasteiger partial charge in [-0.1, -0.05) is 43.9 Å². The van der Waals surface area contributed by atoms with Crippen molar-refractivity contribution >= 4 is 29.2 Å². The summed E-state index contributed by atoms with van der Waals surface area (Å²) in [5.74, 6) is -1.64. The smallest absolute Gasteiger partial charge is 0.282 e. The minimum atomic E-state index is -2.78. The first-order valence-corrected chi connectivity index (χ1v) is 14.2. The number of alkyl halides is 2. The Morgan fingerprint density at radius 1 is 1.27 bits per heavy atom. The molecule has 1 saturated heterocycles. The summed E-state index contributed by atoms with van der Waals surface area (Å²) in [4.78, 5) is 18.2. The summed E-state index contributed by atoms with van der Waals surface area (Å²) < 4.78 is 26.8. The van der Waals surface area contributed by atoms with Crippen LogP contribution in [0.3, 0.4) is 0 Å². The average Bonchev–Trinajstić information content (AvgIpc) is 2.90. The van der Waals surface area contributed by atoms with Crippen molar-refractivity contribution in [3.63, 3.8) is 0 Å². The van der Waals surface area contributed by atoms with Crippen LogP contribution >= 0.6 is 11.8 Å². The van der Waals surface area contributed by atoms with Crippen LogP contribution in [0, 0.1) is 12.8 Å². The van der Waals surface area contributed by atoms with Crippen LogP contribution in [0.4, 0.5) is 20.3 Å². The molecular weight excluding hydrogens is 532 g/mol. The van der Waals surface area contributed by atoms with Crippen LogP contribution in [0.25, 0.3) is 0 Å². The Bertz CT molecular complexity index is 1340. The van der Waals surface area contributed by atoms with E-state index in [0.717, 1.165) is 23.4 Å². The molecule has 2 unspecified atom stereocenters. The number of anilines is 2. The van der Waals surface area contributed by atoms with E-state index in [1.54, 1.807) is 36.9 Å². The van der Waals surface area contributed by atoms with E-state index >= 15 is 0 Å². The largest absolute Gasteiger partial charge is 0.369 e. The quantitative estimate of drug-likeness (QED) is 0.254. The second kappa shape index (κ2) is 12.8. The van der Waals surface area contributed by atoms with E-state index < -0.39 is 25.2 Å². The number of hydrogen-bond donors (Lipinski definition) is 2. The molecule has 212 valence electrons. The van der Waals surface area contributed by atoms with Crippen molar-refractivity contribution < 1.29 is 18.7 Å². The third-order valence-corrected chi connectivity index (χ3v) is 7.81. The molecule has 0 bridgehead atoms. The first-order chi connectivity index (χ1) is 19.1. The number of aryl methyl sites for hydroxylation is 1. The zero-order valence-corrected chi connectivity index (χ0v) is 23.8. The maximum absolute atomic E-state index is 13.7. The molecule has 1 amide bonds. The molecule has 0 radical (unpaired) electrons. The van der Waals surface area contributed by atoms with Crippen LogP contribution in [0.1, 0.15) is 43.3 Å². The molecule has 1 aromatic carbocycles. The highest BCUT2D eigenvalue weighted by atomic mass is 32.2. The zero-order valence-electron chi connectivity index (χ0n) is 23.0. The molecule has 7 nitrogen and oxygen atoms in total. The van der Waals surface area contributed by atoms with Gasteiger partial charge in [0.05, 0.1) is 18.8 Å². The Labute approximate surface area is 238 Å². The monoisotopic (exact) mass is 567 g/mol. The van der Waals surface area contributed by atoms with E-state index in [0.29, 0.717) is 29.3 Å². The number of allylic oxidation sites excluding steroid dienone is 4. The van der Waals surface area contributed by atoms with E-state index in [1.807, 2.05) is 23.1 Å². The fraction of sp³-hybridized carbons (Fsp3) is 0.367. The summed E-state index contributed by atoms with van der Waals surface area (Å²) in [6.07, 6.45) is 8.11. The van der Waals surface area contributed by atoms with Gasteiger partial charge in [0.2, 0.25) is 0 Å². The Hall–Kier alpha value is -3.50. The van der Waals surface area contributed by atoms with Crippen LogP contribution in [0.5, 0.6) is 0 Å². The highest BCUT2D eigenvalue weighted by molar-refractivity contribution is 8.02. The van der Waals surface area contributed by atoms with Gasteiger partial charge in [0.15, 0.2) is 12.0 Å². The molecule has 4 rings (SSSR count). The lowest BCUT2D eigenvalue weighted by atomic mass is 10.0. The van der Waals surface area contributed by atoms with E-state index in [4.69, 9.17) is 0 Å². The van der Waals surface area contributed by atoms with Crippen molar-refractivity contribution in [2.45, 2.75) is 45.1 Å². The number of thioether (sulfide) groups is 1. The summed E-state index contributed by atoms with van der Waals surface area (Å²) in [5.41, 5.74) is 3.27. The molecule has 2 atom stereocenters. The third kappa shape index (κ3) is 7.17. The molecule has 3 heterocycles. The number of nitrogens with zero attached hydrogens (tertiary/aromatic N) is 4. The number of amides is 1. The standard InChI is InChI=1S/C30H35F2N5O2S/c1-5-23(29(39)37-14-12-20(2)15-22(4)40-17-24-9-6-7-11-26(24)37)10-8-13-33-28(38)25-16-21(3)34-35-27(25)36-18-30(31,32)19-36/h5-11,13,15-16,20,28,33,38H,1,12,14,17-19H2,2-4H3/b13-8+,22-15-,23-10+. The molecule has 10 heteroatoms. The highest BCUT2D eigenvalue weighted by Gasteiger charge is 2.45. The molecule has 2 aromatic rings. The SMILES string of the molecule is C=C/C(=C\C=C\NC(O)c1cc(C)nnc1N1CC(F)(F)C1)C(=O)N1CCC(C)/C=C(/C)SCc2ccccc21. The number of halogens is 2. The zero-order chi connectivity index (χ0) is 28.9. The Balaban J connectivity index is 1.50. The number of hydrogen-bond acceptors (Lipinski definition) is 7. The first kappa shape index (κ1) is 29.5. The van der Waals surface area contributed by atoms with Gasteiger partial charge in [-0.3, -0.25) is 4.79 Å². The number of aliphatic hydroxyl groups excluding tert-OH is 1. The summed E-state index contributed by atoms with van der Waals surface area (Å²) in [7, 11) is 0. The van der Waals surface area contributed by atoms with E-state index in [2.05, 4.69) is 48.1 Å². The fourth-order valence-corrected chi connectivity index (χ4v) is 5.62. The van der Waals surface area contributed by atoms with E-state index in [1.165, 1.54) is 22.1 Å². The average molecular weight is 568 g/mol. The Morgan fingerprint density at radius 3 is 2.75 bits per heavy atom. The number of nitrogens with one attached hydrogen (secondary N) is 1. The topological polar surface area (TPSA) is 81.6 Å². The minimum absolute atomic E-state index is 0.166. The Kier molecular flexibility index (Phi) is 9.42. The van der Waals surface area contributed by atoms with E-state index in [9.17, 15) is 18.7 Å².